The van der Waals surface area contributed by atoms with Crippen LogP contribution in [-0.2, 0) is 11.3 Å². The van der Waals surface area contributed by atoms with E-state index in [1.165, 1.54) is 4.88 Å². The van der Waals surface area contributed by atoms with Crippen LogP contribution >= 0.6 is 11.3 Å². The molecule has 1 heterocycles. The number of carbonyl (C=O) groups excluding carboxylic acids is 1. The zero-order valence-corrected chi connectivity index (χ0v) is 11.3. The summed E-state index contributed by atoms with van der Waals surface area (Å²) in [6.07, 6.45) is 0.431. The van der Waals surface area contributed by atoms with Crippen LogP contribution < -0.4 is 10.6 Å². The molecule has 1 atom stereocenters. The molecule has 2 amide bonds. The third-order valence-electron chi connectivity index (χ3n) is 2.50. The summed E-state index contributed by atoms with van der Waals surface area (Å²) in [4.78, 5) is 24.3. The fraction of sp³-hybridized carbons (Fsp3) is 0.500. The van der Waals surface area contributed by atoms with Crippen molar-refractivity contribution in [1.29, 1.82) is 0 Å². The minimum absolute atomic E-state index is 0.265. The van der Waals surface area contributed by atoms with Crippen molar-refractivity contribution in [2.24, 2.45) is 5.92 Å². The first-order valence-corrected chi connectivity index (χ1v) is 6.60. The van der Waals surface area contributed by atoms with E-state index in [-0.39, 0.29) is 6.03 Å². The van der Waals surface area contributed by atoms with Crippen LogP contribution in [0.5, 0.6) is 0 Å². The Balaban J connectivity index is 2.16. The second-order valence-electron chi connectivity index (χ2n) is 4.15. The van der Waals surface area contributed by atoms with E-state index in [1.54, 1.807) is 18.3 Å². The van der Waals surface area contributed by atoms with Crippen LogP contribution in [0.4, 0.5) is 4.79 Å². The lowest BCUT2D eigenvalue weighted by atomic mass is 10.1. The van der Waals surface area contributed by atoms with Gasteiger partial charge in [0.25, 0.3) is 0 Å². The highest BCUT2D eigenvalue weighted by Gasteiger charge is 2.10. The fourth-order valence-corrected chi connectivity index (χ4v) is 2.17. The molecule has 0 aromatic carbocycles. The monoisotopic (exact) mass is 270 g/mol. The average molecular weight is 270 g/mol. The zero-order valence-electron chi connectivity index (χ0n) is 10.5. The first-order chi connectivity index (χ1) is 8.49. The van der Waals surface area contributed by atoms with E-state index >= 15 is 0 Å². The lowest BCUT2D eigenvalue weighted by molar-refractivity contribution is -0.141. The van der Waals surface area contributed by atoms with Gasteiger partial charge < -0.3 is 15.7 Å². The molecule has 1 aromatic rings. The van der Waals surface area contributed by atoms with Gasteiger partial charge in [-0.05, 0) is 25.5 Å². The van der Waals surface area contributed by atoms with E-state index in [0.29, 0.717) is 19.5 Å². The van der Waals surface area contributed by atoms with E-state index < -0.39 is 11.9 Å². The molecule has 0 spiro atoms. The van der Waals surface area contributed by atoms with Gasteiger partial charge in [0.2, 0.25) is 0 Å². The molecule has 0 aliphatic heterocycles. The van der Waals surface area contributed by atoms with E-state index in [0.717, 1.165) is 4.88 Å². The Morgan fingerprint density at radius 2 is 2.11 bits per heavy atom. The standard InChI is InChI=1S/C12H18N2O3S/c1-8(11(15)16)5-6-13-12(17)14-7-10-4-3-9(2)18-10/h3-4,8H,5-7H2,1-2H3,(H,15,16)(H2,13,14,17). The number of thiophene rings is 1. The molecule has 0 saturated carbocycles. The van der Waals surface area contributed by atoms with Crippen LogP contribution in [0.3, 0.4) is 0 Å². The van der Waals surface area contributed by atoms with Crippen molar-refractivity contribution in [1.82, 2.24) is 10.6 Å². The van der Waals surface area contributed by atoms with Crippen molar-refractivity contribution in [3.8, 4) is 0 Å². The molecule has 3 N–H and O–H groups in total. The minimum atomic E-state index is -0.841. The Kier molecular flexibility index (Phi) is 5.64. The van der Waals surface area contributed by atoms with Gasteiger partial charge in [-0.15, -0.1) is 11.3 Å². The second-order valence-corrected chi connectivity index (χ2v) is 5.52. The van der Waals surface area contributed by atoms with Gasteiger partial charge in [-0.3, -0.25) is 4.79 Å². The maximum absolute atomic E-state index is 11.4. The summed E-state index contributed by atoms with van der Waals surface area (Å²) in [6, 6.07) is 3.72. The topological polar surface area (TPSA) is 78.4 Å². The van der Waals surface area contributed by atoms with Gasteiger partial charge in [-0.2, -0.15) is 0 Å². The first-order valence-electron chi connectivity index (χ1n) is 5.79. The van der Waals surface area contributed by atoms with Gasteiger partial charge in [-0.25, -0.2) is 4.79 Å². The number of carboxylic acids is 1. The molecule has 18 heavy (non-hydrogen) atoms. The van der Waals surface area contributed by atoms with Gasteiger partial charge in [0, 0.05) is 16.3 Å². The molecule has 100 valence electrons. The van der Waals surface area contributed by atoms with Crippen LogP contribution in [0.15, 0.2) is 12.1 Å². The number of aliphatic carboxylic acids is 1. The van der Waals surface area contributed by atoms with Gasteiger partial charge in [0.15, 0.2) is 0 Å². The Bertz CT molecular complexity index is 417. The number of hydrogen-bond acceptors (Lipinski definition) is 3. The zero-order chi connectivity index (χ0) is 13.5. The molecule has 0 aliphatic rings. The van der Waals surface area contributed by atoms with E-state index in [9.17, 15) is 9.59 Å². The highest BCUT2D eigenvalue weighted by atomic mass is 32.1. The van der Waals surface area contributed by atoms with Crippen LogP contribution in [0, 0.1) is 12.8 Å². The molecule has 1 rings (SSSR count). The lowest BCUT2D eigenvalue weighted by Crippen LogP contribution is -2.36. The number of hydrogen-bond donors (Lipinski definition) is 3. The van der Waals surface area contributed by atoms with E-state index in [1.807, 2.05) is 19.1 Å². The third kappa shape index (κ3) is 5.18. The lowest BCUT2D eigenvalue weighted by Gasteiger charge is -2.08. The highest BCUT2D eigenvalue weighted by molar-refractivity contribution is 7.11. The maximum Gasteiger partial charge on any atom is 0.315 e. The summed E-state index contributed by atoms with van der Waals surface area (Å²) in [5.74, 6) is -1.28. The molecule has 0 radical (unpaired) electrons. The van der Waals surface area contributed by atoms with E-state index in [4.69, 9.17) is 5.11 Å². The van der Waals surface area contributed by atoms with Gasteiger partial charge in [0.1, 0.15) is 0 Å². The molecule has 6 heteroatoms. The van der Waals surface area contributed by atoms with E-state index in [2.05, 4.69) is 10.6 Å². The number of nitrogens with one attached hydrogen (secondary N) is 2. The van der Waals surface area contributed by atoms with Crippen LogP contribution in [0.2, 0.25) is 0 Å². The molecule has 1 unspecified atom stereocenters. The summed E-state index contributed by atoms with van der Waals surface area (Å²) < 4.78 is 0. The van der Waals surface area contributed by atoms with Crippen molar-refractivity contribution in [2.45, 2.75) is 26.8 Å². The minimum Gasteiger partial charge on any atom is -0.481 e. The summed E-state index contributed by atoms with van der Waals surface area (Å²) >= 11 is 1.64. The number of aryl methyl sites for hydroxylation is 1. The SMILES string of the molecule is Cc1ccc(CNC(=O)NCCC(C)C(=O)O)s1. The van der Waals surface area contributed by atoms with Gasteiger partial charge in [0.05, 0.1) is 12.5 Å². The molecule has 0 bridgehead atoms. The first kappa shape index (κ1) is 14.5. The smallest absolute Gasteiger partial charge is 0.315 e. The van der Waals surface area contributed by atoms with Crippen LogP contribution in [0.1, 0.15) is 23.1 Å². The molecule has 0 fully saturated rings. The summed E-state index contributed by atoms with van der Waals surface area (Å²) in [5.41, 5.74) is 0. The quantitative estimate of drug-likeness (QED) is 0.739. The van der Waals surface area contributed by atoms with Gasteiger partial charge in [-0.1, -0.05) is 6.92 Å². The number of urea groups is 1. The van der Waals surface area contributed by atoms with Crippen molar-refractivity contribution in [3.05, 3.63) is 21.9 Å². The Morgan fingerprint density at radius 3 is 2.67 bits per heavy atom. The number of carbonyl (C=O) groups is 2. The summed E-state index contributed by atoms with van der Waals surface area (Å²) in [5, 5.41) is 14.0. The second kappa shape index (κ2) is 7.00. The number of carboxylic acid groups (broad SMARTS) is 1. The molecular weight excluding hydrogens is 252 g/mol. The van der Waals surface area contributed by atoms with Gasteiger partial charge >= 0.3 is 12.0 Å². The highest BCUT2D eigenvalue weighted by Crippen LogP contribution is 2.14. The third-order valence-corrected chi connectivity index (χ3v) is 3.50. The maximum atomic E-state index is 11.4. The van der Waals surface area contributed by atoms with Crippen molar-refractivity contribution >= 4 is 23.3 Å². The Morgan fingerprint density at radius 1 is 1.39 bits per heavy atom. The van der Waals surface area contributed by atoms with Crippen LogP contribution in [0.25, 0.3) is 0 Å². The summed E-state index contributed by atoms with van der Waals surface area (Å²) in [6.45, 7) is 4.50. The molecule has 1 aromatic heterocycles. The van der Waals surface area contributed by atoms with Crippen LogP contribution in [-0.4, -0.2) is 23.7 Å². The molecule has 5 nitrogen and oxygen atoms in total. The molecule has 0 aliphatic carbocycles. The van der Waals surface area contributed by atoms with Crippen molar-refractivity contribution in [3.63, 3.8) is 0 Å². The van der Waals surface area contributed by atoms with Crippen molar-refractivity contribution < 1.29 is 14.7 Å². The summed E-state index contributed by atoms with van der Waals surface area (Å²) in [7, 11) is 0. The predicted octanol–water partition coefficient (Wildman–Crippen LogP) is 1.97. The number of rotatable bonds is 6. The number of amides is 2. The average Bonchev–Trinajstić information content (AvgIpc) is 2.72. The van der Waals surface area contributed by atoms with Crippen molar-refractivity contribution in [2.75, 3.05) is 6.54 Å². The fourth-order valence-electron chi connectivity index (χ4n) is 1.34. The normalized spacial score (nSPS) is 11.9. The molecule has 0 saturated heterocycles. The Hall–Kier alpha value is -1.56. The molecular formula is C12H18N2O3S. The predicted molar refractivity (Wildman–Crippen MR) is 70.7 cm³/mol. The largest absolute Gasteiger partial charge is 0.481 e. The Labute approximate surface area is 110 Å².